The van der Waals surface area contributed by atoms with Crippen LogP contribution in [0.2, 0.25) is 5.02 Å². The van der Waals surface area contributed by atoms with Crippen LogP contribution in [0, 0.1) is 0 Å². The van der Waals surface area contributed by atoms with Gasteiger partial charge in [-0.3, -0.25) is 9.59 Å². The fourth-order valence-electron chi connectivity index (χ4n) is 3.09. The van der Waals surface area contributed by atoms with Crippen molar-refractivity contribution in [2.45, 2.75) is 5.92 Å². The fourth-order valence-corrected chi connectivity index (χ4v) is 3.29. The van der Waals surface area contributed by atoms with Gasteiger partial charge >= 0.3 is 5.97 Å². The Bertz CT molecular complexity index is 1040. The highest BCUT2D eigenvalue weighted by molar-refractivity contribution is 6.30. The molecule has 0 bridgehead atoms. The molecule has 27 heavy (non-hydrogen) atoms. The molecule has 1 atom stereocenters. The van der Waals surface area contributed by atoms with Gasteiger partial charge in [0.25, 0.3) is 0 Å². The van der Waals surface area contributed by atoms with Gasteiger partial charge in [0.1, 0.15) is 5.92 Å². The minimum absolute atomic E-state index is 0.0532. The van der Waals surface area contributed by atoms with Crippen LogP contribution in [-0.2, 0) is 14.3 Å². The van der Waals surface area contributed by atoms with E-state index in [1.54, 1.807) is 30.3 Å². The van der Waals surface area contributed by atoms with Crippen LogP contribution < -0.4 is 0 Å². The lowest BCUT2D eigenvalue weighted by Crippen LogP contribution is -2.12. The average Bonchev–Trinajstić information content (AvgIpc) is 2.96. The number of Topliss-reactive ketones (excluding diaryl/α,β-unsaturated/α-hetero) is 1. The van der Waals surface area contributed by atoms with Crippen LogP contribution in [0.5, 0.6) is 0 Å². The van der Waals surface area contributed by atoms with Crippen molar-refractivity contribution in [3.05, 3.63) is 101 Å². The van der Waals surface area contributed by atoms with Gasteiger partial charge < -0.3 is 4.74 Å². The molecule has 1 saturated heterocycles. The molecule has 0 N–H and O–H groups in total. The van der Waals surface area contributed by atoms with Crippen molar-refractivity contribution in [3.8, 4) is 11.1 Å². The molecule has 1 aliphatic heterocycles. The second-order valence-electron chi connectivity index (χ2n) is 6.27. The number of hydrogen-bond donors (Lipinski definition) is 0. The first-order valence-corrected chi connectivity index (χ1v) is 8.88. The Morgan fingerprint density at radius 3 is 2.22 bits per heavy atom. The smallest absolute Gasteiger partial charge is 0.327 e. The first-order valence-electron chi connectivity index (χ1n) is 8.50. The lowest BCUT2D eigenvalue weighted by atomic mass is 9.95. The summed E-state index contributed by atoms with van der Waals surface area (Å²) in [6.45, 7) is 0. The molecule has 0 amide bonds. The number of rotatable bonds is 3. The van der Waals surface area contributed by atoms with Gasteiger partial charge in [-0.2, -0.15) is 0 Å². The topological polar surface area (TPSA) is 43.4 Å². The molecule has 1 unspecified atom stereocenters. The number of ether oxygens (including phenoxy) is 1. The summed E-state index contributed by atoms with van der Waals surface area (Å²) in [5.74, 6) is -1.83. The van der Waals surface area contributed by atoms with Crippen molar-refractivity contribution in [2.75, 3.05) is 0 Å². The van der Waals surface area contributed by atoms with E-state index in [2.05, 4.69) is 0 Å². The van der Waals surface area contributed by atoms with Crippen LogP contribution in [-0.4, -0.2) is 11.8 Å². The number of ketones is 1. The maximum atomic E-state index is 12.7. The first-order chi connectivity index (χ1) is 13.1. The van der Waals surface area contributed by atoms with E-state index >= 15 is 0 Å². The van der Waals surface area contributed by atoms with E-state index in [9.17, 15) is 9.59 Å². The molecule has 0 spiro atoms. The zero-order valence-corrected chi connectivity index (χ0v) is 15.0. The molecule has 3 aromatic carbocycles. The molecule has 0 radical (unpaired) electrons. The summed E-state index contributed by atoms with van der Waals surface area (Å²) in [5.41, 5.74) is 3.52. The summed E-state index contributed by atoms with van der Waals surface area (Å²) in [6.07, 6.45) is 1.60. The number of halogens is 1. The van der Waals surface area contributed by atoms with Crippen molar-refractivity contribution in [1.82, 2.24) is 0 Å². The number of hydrogen-bond acceptors (Lipinski definition) is 3. The van der Waals surface area contributed by atoms with Crippen molar-refractivity contribution in [3.63, 3.8) is 0 Å². The van der Waals surface area contributed by atoms with Crippen molar-refractivity contribution >= 4 is 29.4 Å². The van der Waals surface area contributed by atoms with E-state index in [1.807, 2.05) is 54.6 Å². The van der Waals surface area contributed by atoms with Gasteiger partial charge in [-0.1, -0.05) is 78.3 Å². The summed E-state index contributed by atoms with van der Waals surface area (Å²) in [5, 5.41) is 0.474. The summed E-state index contributed by atoms with van der Waals surface area (Å²) < 4.78 is 5.23. The van der Waals surface area contributed by atoms with Crippen LogP contribution in [0.25, 0.3) is 17.2 Å². The number of esters is 1. The molecule has 0 aromatic heterocycles. The highest BCUT2D eigenvalue weighted by Gasteiger charge is 2.41. The molecule has 4 heteroatoms. The van der Waals surface area contributed by atoms with Crippen molar-refractivity contribution in [1.29, 1.82) is 0 Å². The Balaban J connectivity index is 1.59. The summed E-state index contributed by atoms with van der Waals surface area (Å²) in [7, 11) is 0. The third kappa shape index (κ3) is 3.55. The molecule has 3 nitrogen and oxygen atoms in total. The third-order valence-corrected chi connectivity index (χ3v) is 4.68. The van der Waals surface area contributed by atoms with Gasteiger partial charge in [0.15, 0.2) is 5.76 Å². The number of allylic oxidation sites excluding steroid dienone is 1. The highest BCUT2D eigenvalue weighted by Crippen LogP contribution is 2.32. The fraction of sp³-hybridized carbons (Fsp3) is 0.0435. The zero-order chi connectivity index (χ0) is 18.8. The Morgan fingerprint density at radius 1 is 0.815 bits per heavy atom. The van der Waals surface area contributed by atoms with Crippen LogP contribution in [0.3, 0.4) is 0 Å². The molecular weight excluding hydrogens is 360 g/mol. The molecule has 1 fully saturated rings. The molecule has 132 valence electrons. The number of cyclic esters (lactones) is 1. The van der Waals surface area contributed by atoms with Gasteiger partial charge in [0.05, 0.1) is 0 Å². The SMILES string of the molecule is O=C1O/C(=C\c2ccc(-c3ccccc3)cc2)C(=O)C1c1cccc(Cl)c1. The van der Waals surface area contributed by atoms with Gasteiger partial charge in [0.2, 0.25) is 5.78 Å². The summed E-state index contributed by atoms with van der Waals surface area (Å²) in [6, 6.07) is 24.4. The Labute approximate surface area is 161 Å². The standard InChI is InChI=1S/C23H15ClO3/c24-19-8-4-7-18(14-19)21-22(25)20(27-23(21)26)13-15-9-11-17(12-10-15)16-5-2-1-3-6-16/h1-14,21H/b20-13-. The molecule has 0 saturated carbocycles. The Morgan fingerprint density at radius 2 is 1.52 bits per heavy atom. The maximum absolute atomic E-state index is 12.7. The molecule has 1 aliphatic rings. The average molecular weight is 375 g/mol. The maximum Gasteiger partial charge on any atom is 0.327 e. The minimum Gasteiger partial charge on any atom is -0.422 e. The van der Waals surface area contributed by atoms with Gasteiger partial charge in [-0.15, -0.1) is 0 Å². The van der Waals surface area contributed by atoms with E-state index < -0.39 is 11.9 Å². The van der Waals surface area contributed by atoms with Crippen molar-refractivity contribution < 1.29 is 14.3 Å². The number of carbonyl (C=O) groups is 2. The van der Waals surface area contributed by atoms with Gasteiger partial charge in [0, 0.05) is 5.02 Å². The van der Waals surface area contributed by atoms with Crippen LogP contribution in [0.4, 0.5) is 0 Å². The number of benzene rings is 3. The minimum atomic E-state index is -0.960. The lowest BCUT2D eigenvalue weighted by molar-refractivity contribution is -0.136. The zero-order valence-electron chi connectivity index (χ0n) is 14.3. The Hall–Kier alpha value is -3.17. The third-order valence-electron chi connectivity index (χ3n) is 4.45. The largest absolute Gasteiger partial charge is 0.422 e. The highest BCUT2D eigenvalue weighted by atomic mass is 35.5. The normalized spacial score (nSPS) is 18.0. The first kappa shape index (κ1) is 17.3. The number of carbonyl (C=O) groups excluding carboxylic acids is 2. The molecule has 0 aliphatic carbocycles. The molecule has 1 heterocycles. The lowest BCUT2D eigenvalue weighted by Gasteiger charge is -2.04. The predicted octanol–water partition coefficient (Wildman–Crippen LogP) is 5.26. The monoisotopic (exact) mass is 374 g/mol. The van der Waals surface area contributed by atoms with E-state index in [4.69, 9.17) is 16.3 Å². The van der Waals surface area contributed by atoms with Crippen LogP contribution >= 0.6 is 11.6 Å². The van der Waals surface area contributed by atoms with Gasteiger partial charge in [-0.05, 0) is 40.5 Å². The second kappa shape index (κ2) is 7.22. The predicted molar refractivity (Wildman–Crippen MR) is 105 cm³/mol. The molecular formula is C23H15ClO3. The van der Waals surface area contributed by atoms with E-state index in [1.165, 1.54) is 0 Å². The van der Waals surface area contributed by atoms with E-state index in [0.29, 0.717) is 10.6 Å². The van der Waals surface area contributed by atoms with Crippen LogP contribution in [0.15, 0.2) is 84.6 Å². The van der Waals surface area contributed by atoms with E-state index in [-0.39, 0.29) is 11.5 Å². The van der Waals surface area contributed by atoms with Gasteiger partial charge in [-0.25, -0.2) is 0 Å². The van der Waals surface area contributed by atoms with E-state index in [0.717, 1.165) is 16.7 Å². The second-order valence-corrected chi connectivity index (χ2v) is 6.71. The summed E-state index contributed by atoms with van der Waals surface area (Å²) in [4.78, 5) is 24.9. The molecule has 3 aromatic rings. The van der Waals surface area contributed by atoms with Crippen LogP contribution in [0.1, 0.15) is 17.0 Å². The Kier molecular flexibility index (Phi) is 4.61. The quantitative estimate of drug-likeness (QED) is 0.357. The molecule has 4 rings (SSSR count). The van der Waals surface area contributed by atoms with Crippen molar-refractivity contribution in [2.24, 2.45) is 0 Å². The summed E-state index contributed by atoms with van der Waals surface area (Å²) >= 11 is 5.97.